The fourth-order valence-electron chi connectivity index (χ4n) is 1.51. The smallest absolute Gasteiger partial charge is 0.251 e. The Morgan fingerprint density at radius 1 is 1.38 bits per heavy atom. The molecular formula is C13H13NOS. The second kappa shape index (κ2) is 5.03. The van der Waals surface area contributed by atoms with Crippen LogP contribution in [-0.4, -0.2) is 23.1 Å². The van der Waals surface area contributed by atoms with Gasteiger partial charge in [-0.2, -0.15) is 0 Å². The summed E-state index contributed by atoms with van der Waals surface area (Å²) >= 11 is 1.63. The molecule has 0 bridgehead atoms. The van der Waals surface area contributed by atoms with Gasteiger partial charge >= 0.3 is 0 Å². The van der Waals surface area contributed by atoms with E-state index in [4.69, 9.17) is 0 Å². The molecule has 0 radical (unpaired) electrons. The molecule has 1 aliphatic heterocycles. The van der Waals surface area contributed by atoms with Gasteiger partial charge in [0.15, 0.2) is 0 Å². The highest BCUT2D eigenvalue weighted by molar-refractivity contribution is 8.03. The Hall–Kier alpha value is -1.48. The van der Waals surface area contributed by atoms with Crippen molar-refractivity contribution in [1.82, 2.24) is 4.90 Å². The van der Waals surface area contributed by atoms with Crippen molar-refractivity contribution in [2.75, 3.05) is 12.3 Å². The summed E-state index contributed by atoms with van der Waals surface area (Å²) in [5, 5.41) is 0.850. The van der Waals surface area contributed by atoms with Gasteiger partial charge < -0.3 is 4.90 Å². The van der Waals surface area contributed by atoms with Crippen LogP contribution in [0.3, 0.4) is 0 Å². The molecule has 3 heteroatoms. The lowest BCUT2D eigenvalue weighted by Crippen LogP contribution is -2.24. The van der Waals surface area contributed by atoms with E-state index >= 15 is 0 Å². The van der Waals surface area contributed by atoms with Crippen molar-refractivity contribution < 1.29 is 4.79 Å². The molecule has 0 N–H and O–H groups in total. The van der Waals surface area contributed by atoms with E-state index in [1.54, 1.807) is 22.7 Å². The number of carbonyl (C=O) groups excluding carboxylic acids is 1. The highest BCUT2D eigenvalue weighted by atomic mass is 32.2. The molecule has 1 saturated heterocycles. The number of nitrogens with zero attached hydrogens (tertiary/aromatic N) is 1. The monoisotopic (exact) mass is 231 g/mol. The van der Waals surface area contributed by atoms with Crippen LogP contribution in [0.5, 0.6) is 0 Å². The van der Waals surface area contributed by atoms with Gasteiger partial charge in [0.25, 0.3) is 5.91 Å². The Morgan fingerprint density at radius 2 is 2.12 bits per heavy atom. The topological polar surface area (TPSA) is 20.3 Å². The summed E-state index contributed by atoms with van der Waals surface area (Å²) < 4.78 is 0. The van der Waals surface area contributed by atoms with Crippen molar-refractivity contribution in [3.8, 4) is 0 Å². The average Bonchev–Trinajstić information content (AvgIpc) is 2.74. The number of rotatable bonds is 2. The largest absolute Gasteiger partial charge is 0.303 e. The van der Waals surface area contributed by atoms with Gasteiger partial charge in [-0.1, -0.05) is 36.9 Å². The Balaban J connectivity index is 2.02. The van der Waals surface area contributed by atoms with Crippen LogP contribution in [0, 0.1) is 0 Å². The van der Waals surface area contributed by atoms with E-state index in [-0.39, 0.29) is 5.91 Å². The first-order valence-corrected chi connectivity index (χ1v) is 6.12. The van der Waals surface area contributed by atoms with Gasteiger partial charge in [-0.05, 0) is 11.6 Å². The van der Waals surface area contributed by atoms with E-state index in [2.05, 4.69) is 6.58 Å². The van der Waals surface area contributed by atoms with Crippen LogP contribution < -0.4 is 0 Å². The number of thioether (sulfide) groups is 1. The van der Waals surface area contributed by atoms with Crippen molar-refractivity contribution in [3.05, 3.63) is 53.6 Å². The second-order valence-corrected chi connectivity index (χ2v) is 4.64. The van der Waals surface area contributed by atoms with E-state index in [1.165, 1.54) is 0 Å². The molecule has 1 heterocycles. The lowest BCUT2D eigenvalue weighted by molar-refractivity contribution is -0.123. The van der Waals surface area contributed by atoms with Crippen LogP contribution in [0.2, 0.25) is 0 Å². The molecule has 0 spiro atoms. The van der Waals surface area contributed by atoms with Crippen LogP contribution in [0.25, 0.3) is 6.08 Å². The quantitative estimate of drug-likeness (QED) is 0.729. The molecule has 2 rings (SSSR count). The standard InChI is InChI=1S/C13H13NOS/c1-11-14(9-10-16-11)13(15)8-7-12-5-3-2-4-6-12/h2-8H,1,9-10H2/b8-7+. The van der Waals surface area contributed by atoms with Crippen molar-refractivity contribution >= 4 is 23.7 Å². The molecule has 2 nitrogen and oxygen atoms in total. The van der Waals surface area contributed by atoms with Crippen LogP contribution >= 0.6 is 11.8 Å². The predicted molar refractivity (Wildman–Crippen MR) is 68.8 cm³/mol. The van der Waals surface area contributed by atoms with Crippen LogP contribution in [-0.2, 0) is 4.79 Å². The lowest BCUT2D eigenvalue weighted by atomic mass is 10.2. The summed E-state index contributed by atoms with van der Waals surface area (Å²) in [7, 11) is 0. The second-order valence-electron chi connectivity index (χ2n) is 3.48. The summed E-state index contributed by atoms with van der Waals surface area (Å²) in [5.74, 6) is 0.961. The Bertz CT molecular complexity index is 425. The number of hydrogen-bond donors (Lipinski definition) is 0. The molecule has 0 atom stereocenters. The fourth-order valence-corrected chi connectivity index (χ4v) is 2.36. The molecule has 0 aliphatic carbocycles. The van der Waals surface area contributed by atoms with Crippen molar-refractivity contribution in [2.24, 2.45) is 0 Å². The molecule has 1 aromatic carbocycles. The summed E-state index contributed by atoms with van der Waals surface area (Å²) in [6.45, 7) is 4.61. The van der Waals surface area contributed by atoms with Crippen LogP contribution in [0.1, 0.15) is 5.56 Å². The molecule has 0 unspecified atom stereocenters. The first kappa shape index (κ1) is 11.0. The molecule has 1 amide bonds. The van der Waals surface area contributed by atoms with Crippen molar-refractivity contribution in [1.29, 1.82) is 0 Å². The maximum atomic E-state index is 11.8. The van der Waals surface area contributed by atoms with E-state index in [0.717, 1.165) is 22.9 Å². The maximum Gasteiger partial charge on any atom is 0.251 e. The SMILES string of the molecule is C=C1SCCN1C(=O)/C=C/c1ccccc1. The van der Waals surface area contributed by atoms with Crippen LogP contribution in [0.4, 0.5) is 0 Å². The number of carbonyl (C=O) groups is 1. The zero-order valence-electron chi connectivity index (χ0n) is 8.93. The third-order valence-corrected chi connectivity index (χ3v) is 3.31. The third-order valence-electron chi connectivity index (χ3n) is 2.37. The molecular weight excluding hydrogens is 218 g/mol. The minimum atomic E-state index is 0.0128. The minimum absolute atomic E-state index is 0.0128. The molecule has 1 aromatic rings. The number of benzene rings is 1. The predicted octanol–water partition coefficient (Wildman–Crippen LogP) is 2.75. The van der Waals surface area contributed by atoms with Gasteiger partial charge in [0.2, 0.25) is 0 Å². The fraction of sp³-hybridized carbons (Fsp3) is 0.154. The molecule has 16 heavy (non-hydrogen) atoms. The zero-order valence-corrected chi connectivity index (χ0v) is 9.74. The van der Waals surface area contributed by atoms with Crippen molar-refractivity contribution in [3.63, 3.8) is 0 Å². The Kier molecular flexibility index (Phi) is 3.47. The van der Waals surface area contributed by atoms with E-state index < -0.39 is 0 Å². The van der Waals surface area contributed by atoms with Gasteiger partial charge in [-0.15, -0.1) is 11.8 Å². The summed E-state index contributed by atoms with van der Waals surface area (Å²) in [6, 6.07) is 9.80. The highest BCUT2D eigenvalue weighted by Crippen LogP contribution is 2.25. The molecule has 0 aromatic heterocycles. The maximum absolute atomic E-state index is 11.8. The summed E-state index contributed by atoms with van der Waals surface area (Å²) in [4.78, 5) is 13.5. The average molecular weight is 231 g/mol. The van der Waals surface area contributed by atoms with Gasteiger partial charge in [-0.3, -0.25) is 4.79 Å². The number of amides is 1. The zero-order chi connectivity index (χ0) is 11.4. The highest BCUT2D eigenvalue weighted by Gasteiger charge is 2.20. The summed E-state index contributed by atoms with van der Waals surface area (Å²) in [5.41, 5.74) is 1.04. The van der Waals surface area contributed by atoms with Gasteiger partial charge in [0.05, 0.1) is 5.03 Å². The number of hydrogen-bond acceptors (Lipinski definition) is 2. The Labute approximate surface area is 99.6 Å². The first-order chi connectivity index (χ1) is 7.77. The minimum Gasteiger partial charge on any atom is -0.303 e. The first-order valence-electron chi connectivity index (χ1n) is 5.14. The van der Waals surface area contributed by atoms with E-state index in [0.29, 0.717) is 0 Å². The van der Waals surface area contributed by atoms with E-state index in [1.807, 2.05) is 36.4 Å². The lowest BCUT2D eigenvalue weighted by Gasteiger charge is -2.12. The molecule has 1 aliphatic rings. The van der Waals surface area contributed by atoms with Crippen molar-refractivity contribution in [2.45, 2.75) is 0 Å². The Morgan fingerprint density at radius 3 is 2.75 bits per heavy atom. The summed E-state index contributed by atoms with van der Waals surface area (Å²) in [6.07, 6.45) is 3.44. The molecule has 82 valence electrons. The van der Waals surface area contributed by atoms with Gasteiger partial charge in [0.1, 0.15) is 0 Å². The van der Waals surface area contributed by atoms with Gasteiger partial charge in [-0.25, -0.2) is 0 Å². The normalized spacial score (nSPS) is 16.0. The van der Waals surface area contributed by atoms with E-state index in [9.17, 15) is 4.79 Å². The molecule has 0 saturated carbocycles. The van der Waals surface area contributed by atoms with Gasteiger partial charge in [0, 0.05) is 18.4 Å². The van der Waals surface area contributed by atoms with Crippen LogP contribution in [0.15, 0.2) is 48.0 Å². The molecule has 1 fully saturated rings. The third kappa shape index (κ3) is 2.55.